The van der Waals surface area contributed by atoms with E-state index < -0.39 is 0 Å². The van der Waals surface area contributed by atoms with Crippen LogP contribution in [0.5, 0.6) is 5.75 Å². The van der Waals surface area contributed by atoms with E-state index in [4.69, 9.17) is 10.5 Å². The number of amides is 1. The fraction of sp³-hybridized carbons (Fsp3) is 0.500. The number of likely N-dealkylation sites (tertiary alicyclic amines) is 1. The molecule has 19 heavy (non-hydrogen) atoms. The molecule has 2 N–H and O–H groups in total. The summed E-state index contributed by atoms with van der Waals surface area (Å²) in [4.78, 5) is 13.4. The molecule has 0 spiro atoms. The standard InChI is InChI=1S/C14H19FN2O2/c1-9(18)17-6-5-10(8-16)14(17)12-4-3-11(19-2)7-13(12)15/h3-4,7,10,14H,5-6,8,16H2,1-2H3. The van der Waals surface area contributed by atoms with Crippen molar-refractivity contribution < 1.29 is 13.9 Å². The van der Waals surface area contributed by atoms with Gasteiger partial charge in [-0.15, -0.1) is 0 Å². The van der Waals surface area contributed by atoms with E-state index in [1.165, 1.54) is 20.1 Å². The summed E-state index contributed by atoms with van der Waals surface area (Å²) in [5, 5.41) is 0. The highest BCUT2D eigenvalue weighted by molar-refractivity contribution is 5.74. The largest absolute Gasteiger partial charge is 0.497 e. The molecule has 1 aliphatic rings. The molecule has 1 aromatic rings. The van der Waals surface area contributed by atoms with Crippen LogP contribution in [0.2, 0.25) is 0 Å². The lowest BCUT2D eigenvalue weighted by atomic mass is 9.93. The first-order valence-electron chi connectivity index (χ1n) is 6.39. The molecule has 0 aromatic heterocycles. The minimum atomic E-state index is -0.351. The zero-order valence-corrected chi connectivity index (χ0v) is 11.2. The average Bonchev–Trinajstić information content (AvgIpc) is 2.82. The molecule has 0 radical (unpaired) electrons. The minimum absolute atomic E-state index is 0.0452. The van der Waals surface area contributed by atoms with Crippen molar-refractivity contribution in [3.05, 3.63) is 29.6 Å². The maximum Gasteiger partial charge on any atom is 0.219 e. The number of rotatable bonds is 3. The summed E-state index contributed by atoms with van der Waals surface area (Å²) in [6.07, 6.45) is 0.812. The maximum atomic E-state index is 14.2. The van der Waals surface area contributed by atoms with Gasteiger partial charge in [0, 0.05) is 25.1 Å². The zero-order chi connectivity index (χ0) is 14.0. The molecule has 0 bridgehead atoms. The summed E-state index contributed by atoms with van der Waals surface area (Å²) in [7, 11) is 1.49. The van der Waals surface area contributed by atoms with E-state index in [-0.39, 0.29) is 23.7 Å². The molecule has 2 atom stereocenters. The van der Waals surface area contributed by atoms with Crippen LogP contribution in [0.3, 0.4) is 0 Å². The highest BCUT2D eigenvalue weighted by atomic mass is 19.1. The molecule has 0 saturated carbocycles. The van der Waals surface area contributed by atoms with Gasteiger partial charge in [0.1, 0.15) is 11.6 Å². The van der Waals surface area contributed by atoms with Gasteiger partial charge in [-0.1, -0.05) is 6.07 Å². The normalized spacial score (nSPS) is 22.6. The number of nitrogens with zero attached hydrogens (tertiary/aromatic N) is 1. The Morgan fingerprint density at radius 1 is 1.58 bits per heavy atom. The van der Waals surface area contributed by atoms with Crippen molar-refractivity contribution in [1.29, 1.82) is 0 Å². The molecular weight excluding hydrogens is 247 g/mol. The quantitative estimate of drug-likeness (QED) is 0.906. The Kier molecular flexibility index (Phi) is 4.04. The molecule has 2 rings (SSSR count). The average molecular weight is 266 g/mol. The van der Waals surface area contributed by atoms with E-state index in [2.05, 4.69) is 0 Å². The highest BCUT2D eigenvalue weighted by Gasteiger charge is 2.37. The number of ether oxygens (including phenoxy) is 1. The van der Waals surface area contributed by atoms with Crippen LogP contribution in [0.15, 0.2) is 18.2 Å². The number of hydrogen-bond donors (Lipinski definition) is 1. The number of hydrogen-bond acceptors (Lipinski definition) is 3. The summed E-state index contributed by atoms with van der Waals surface area (Å²) >= 11 is 0. The van der Waals surface area contributed by atoms with Gasteiger partial charge < -0.3 is 15.4 Å². The van der Waals surface area contributed by atoms with Crippen LogP contribution in [0.4, 0.5) is 4.39 Å². The van der Waals surface area contributed by atoms with Crippen molar-refractivity contribution in [2.24, 2.45) is 11.7 Å². The van der Waals surface area contributed by atoms with Crippen molar-refractivity contribution in [2.75, 3.05) is 20.2 Å². The van der Waals surface area contributed by atoms with Crippen molar-refractivity contribution in [3.8, 4) is 5.75 Å². The Labute approximate surface area is 112 Å². The van der Waals surface area contributed by atoms with Gasteiger partial charge in [-0.25, -0.2) is 4.39 Å². The van der Waals surface area contributed by atoms with Crippen LogP contribution >= 0.6 is 0 Å². The first-order valence-corrected chi connectivity index (χ1v) is 6.39. The molecule has 0 aliphatic carbocycles. The van der Waals surface area contributed by atoms with Gasteiger partial charge in [-0.05, 0) is 24.9 Å². The summed E-state index contributed by atoms with van der Waals surface area (Å²) in [6, 6.07) is 4.47. The zero-order valence-electron chi connectivity index (χ0n) is 11.2. The van der Waals surface area contributed by atoms with Gasteiger partial charge in [-0.2, -0.15) is 0 Å². The van der Waals surface area contributed by atoms with Crippen molar-refractivity contribution in [2.45, 2.75) is 19.4 Å². The third-order valence-corrected chi connectivity index (χ3v) is 3.76. The van der Waals surface area contributed by atoms with Crippen LogP contribution in [-0.4, -0.2) is 31.0 Å². The van der Waals surface area contributed by atoms with Crippen LogP contribution in [-0.2, 0) is 4.79 Å². The number of carbonyl (C=O) groups excluding carboxylic acids is 1. The van der Waals surface area contributed by atoms with Crippen molar-refractivity contribution in [3.63, 3.8) is 0 Å². The van der Waals surface area contributed by atoms with Gasteiger partial charge in [0.05, 0.1) is 13.2 Å². The number of nitrogens with two attached hydrogens (primary N) is 1. The number of halogens is 1. The van der Waals surface area contributed by atoms with Gasteiger partial charge in [-0.3, -0.25) is 4.79 Å². The van der Waals surface area contributed by atoms with Crippen LogP contribution in [0.1, 0.15) is 24.9 Å². The van der Waals surface area contributed by atoms with Crippen LogP contribution in [0.25, 0.3) is 0 Å². The summed E-state index contributed by atoms with van der Waals surface area (Å²) in [5.74, 6) is 0.178. The van der Waals surface area contributed by atoms with E-state index in [0.717, 1.165) is 6.42 Å². The second-order valence-electron chi connectivity index (χ2n) is 4.83. The number of benzene rings is 1. The Morgan fingerprint density at radius 2 is 2.32 bits per heavy atom. The van der Waals surface area contributed by atoms with Crippen molar-refractivity contribution >= 4 is 5.91 Å². The lowest BCUT2D eigenvalue weighted by Crippen LogP contribution is -2.32. The molecule has 1 amide bonds. The van der Waals surface area contributed by atoms with Gasteiger partial charge in [0.2, 0.25) is 5.91 Å². The molecule has 1 aliphatic heterocycles. The third kappa shape index (κ3) is 2.56. The molecule has 104 valence electrons. The lowest BCUT2D eigenvalue weighted by molar-refractivity contribution is -0.130. The summed E-state index contributed by atoms with van der Waals surface area (Å²) in [6.45, 7) is 2.58. The molecule has 1 heterocycles. The highest BCUT2D eigenvalue weighted by Crippen LogP contribution is 2.38. The Hall–Kier alpha value is -1.62. The number of methoxy groups -OCH3 is 1. The fourth-order valence-electron chi connectivity index (χ4n) is 2.75. The molecule has 1 aromatic carbocycles. The first kappa shape index (κ1) is 13.8. The lowest BCUT2D eigenvalue weighted by Gasteiger charge is -2.27. The first-order chi connectivity index (χ1) is 9.08. The van der Waals surface area contributed by atoms with E-state index in [9.17, 15) is 9.18 Å². The monoisotopic (exact) mass is 266 g/mol. The molecule has 4 nitrogen and oxygen atoms in total. The Balaban J connectivity index is 2.38. The van der Waals surface area contributed by atoms with Gasteiger partial charge >= 0.3 is 0 Å². The molecule has 5 heteroatoms. The smallest absolute Gasteiger partial charge is 0.219 e. The topological polar surface area (TPSA) is 55.6 Å². The predicted octanol–water partition coefficient (Wildman–Crippen LogP) is 1.70. The second-order valence-corrected chi connectivity index (χ2v) is 4.83. The second kappa shape index (κ2) is 5.57. The maximum absolute atomic E-state index is 14.2. The van der Waals surface area contributed by atoms with E-state index in [1.54, 1.807) is 17.0 Å². The third-order valence-electron chi connectivity index (χ3n) is 3.76. The summed E-state index contributed by atoms with van der Waals surface area (Å²) in [5.41, 5.74) is 6.26. The fourth-order valence-corrected chi connectivity index (χ4v) is 2.75. The summed E-state index contributed by atoms with van der Waals surface area (Å²) < 4.78 is 19.2. The van der Waals surface area contributed by atoms with Crippen LogP contribution in [0, 0.1) is 11.7 Å². The van der Waals surface area contributed by atoms with Gasteiger partial charge in [0.15, 0.2) is 0 Å². The molecular formula is C14H19FN2O2. The van der Waals surface area contributed by atoms with E-state index >= 15 is 0 Å². The number of carbonyl (C=O) groups is 1. The SMILES string of the molecule is COc1ccc(C2C(CN)CCN2C(C)=O)c(F)c1. The van der Waals surface area contributed by atoms with Gasteiger partial charge in [0.25, 0.3) is 0 Å². The Morgan fingerprint density at radius 3 is 2.84 bits per heavy atom. The van der Waals surface area contributed by atoms with Crippen LogP contribution < -0.4 is 10.5 Å². The molecule has 2 unspecified atom stereocenters. The molecule has 1 saturated heterocycles. The minimum Gasteiger partial charge on any atom is -0.497 e. The van der Waals surface area contributed by atoms with E-state index in [1.807, 2.05) is 0 Å². The Bertz CT molecular complexity index is 479. The molecule has 1 fully saturated rings. The van der Waals surface area contributed by atoms with E-state index in [0.29, 0.717) is 24.4 Å². The predicted molar refractivity (Wildman–Crippen MR) is 70.2 cm³/mol. The van der Waals surface area contributed by atoms with Crippen molar-refractivity contribution in [1.82, 2.24) is 4.90 Å².